The van der Waals surface area contributed by atoms with Crippen LogP contribution in [0.5, 0.6) is 11.5 Å². The Hall–Kier alpha value is -2.53. The Morgan fingerprint density at radius 3 is 2.50 bits per heavy atom. The number of amides is 1. The summed E-state index contributed by atoms with van der Waals surface area (Å²) in [6.45, 7) is 3.81. The second-order valence-corrected chi connectivity index (χ2v) is 6.41. The first kappa shape index (κ1) is 16.3. The molecule has 0 aromatic heterocycles. The number of carbonyl (C=O) groups is 1. The topological polar surface area (TPSA) is 72.8 Å². The number of rotatable bonds is 4. The number of carbonyl (C=O) groups excluding carboxylic acids is 1. The van der Waals surface area contributed by atoms with Crippen LogP contribution >= 0.6 is 0 Å². The van der Waals surface area contributed by atoms with E-state index >= 15 is 0 Å². The lowest BCUT2D eigenvalue weighted by Crippen LogP contribution is -2.37. The van der Waals surface area contributed by atoms with E-state index in [1.807, 2.05) is 18.2 Å². The minimum atomic E-state index is -0.278. The second-order valence-electron chi connectivity index (χ2n) is 6.41. The summed E-state index contributed by atoms with van der Waals surface area (Å²) in [6.07, 6.45) is 0.878. The van der Waals surface area contributed by atoms with Crippen LogP contribution in [0.15, 0.2) is 48.5 Å². The van der Waals surface area contributed by atoms with Crippen molar-refractivity contribution in [1.82, 2.24) is 10.2 Å². The summed E-state index contributed by atoms with van der Waals surface area (Å²) >= 11 is 0. The Bertz CT molecular complexity index is 698. The normalized spacial score (nSPS) is 20.9. The van der Waals surface area contributed by atoms with Gasteiger partial charge in [0.25, 0.3) is 5.91 Å². The van der Waals surface area contributed by atoms with Gasteiger partial charge in [-0.15, -0.1) is 0 Å². The molecule has 2 aromatic rings. The van der Waals surface area contributed by atoms with Gasteiger partial charge in [-0.3, -0.25) is 9.69 Å². The van der Waals surface area contributed by atoms with Crippen LogP contribution in [0.2, 0.25) is 0 Å². The molecule has 0 radical (unpaired) electrons. The summed E-state index contributed by atoms with van der Waals surface area (Å²) in [7, 11) is 0. The molecule has 2 atom stereocenters. The number of likely N-dealkylation sites (tertiary alicyclic amines) is 1. The van der Waals surface area contributed by atoms with Crippen LogP contribution in [0, 0.1) is 0 Å². The van der Waals surface area contributed by atoms with Crippen molar-refractivity contribution in [1.29, 1.82) is 0 Å². The molecule has 1 aliphatic heterocycles. The van der Waals surface area contributed by atoms with Crippen LogP contribution in [0.3, 0.4) is 0 Å². The maximum atomic E-state index is 12.3. The molecule has 0 unspecified atom stereocenters. The summed E-state index contributed by atoms with van der Waals surface area (Å²) in [5.74, 6) is -0.517. The highest BCUT2D eigenvalue weighted by Gasteiger charge is 2.30. The quantitative estimate of drug-likeness (QED) is 0.807. The van der Waals surface area contributed by atoms with E-state index in [0.29, 0.717) is 6.04 Å². The van der Waals surface area contributed by atoms with Crippen molar-refractivity contribution in [2.45, 2.75) is 32.0 Å². The molecule has 5 heteroatoms. The lowest BCUT2D eigenvalue weighted by molar-refractivity contribution is 0.0937. The van der Waals surface area contributed by atoms with Crippen molar-refractivity contribution in [2.75, 3.05) is 6.54 Å². The largest absolute Gasteiger partial charge is 0.508 e. The van der Waals surface area contributed by atoms with Gasteiger partial charge in [-0.25, -0.2) is 0 Å². The van der Waals surface area contributed by atoms with Crippen molar-refractivity contribution >= 4 is 5.91 Å². The summed E-state index contributed by atoms with van der Waals surface area (Å²) in [6, 6.07) is 14.6. The molecule has 5 nitrogen and oxygen atoms in total. The summed E-state index contributed by atoms with van der Waals surface area (Å²) in [4.78, 5) is 14.7. The van der Waals surface area contributed by atoms with Crippen LogP contribution in [0.4, 0.5) is 0 Å². The fourth-order valence-electron chi connectivity index (χ4n) is 3.24. The molecular formula is C19H22N2O3. The Morgan fingerprint density at radius 2 is 1.83 bits per heavy atom. The smallest absolute Gasteiger partial charge is 0.251 e. The average Bonchev–Trinajstić information content (AvgIpc) is 2.87. The third-order valence-electron chi connectivity index (χ3n) is 4.43. The molecule has 1 heterocycles. The molecule has 0 bridgehead atoms. The Balaban J connectivity index is 1.61. The summed E-state index contributed by atoms with van der Waals surface area (Å²) in [5.41, 5.74) is 1.52. The van der Waals surface area contributed by atoms with E-state index in [-0.39, 0.29) is 29.0 Å². The highest BCUT2D eigenvalue weighted by Crippen LogP contribution is 2.23. The van der Waals surface area contributed by atoms with Crippen molar-refractivity contribution in [3.63, 3.8) is 0 Å². The van der Waals surface area contributed by atoms with E-state index in [9.17, 15) is 15.0 Å². The van der Waals surface area contributed by atoms with E-state index in [1.165, 1.54) is 23.8 Å². The van der Waals surface area contributed by atoms with Gasteiger partial charge >= 0.3 is 0 Å². The van der Waals surface area contributed by atoms with Gasteiger partial charge in [0.15, 0.2) is 0 Å². The monoisotopic (exact) mass is 326 g/mol. The first-order chi connectivity index (χ1) is 11.5. The highest BCUT2D eigenvalue weighted by molar-refractivity contribution is 5.95. The Morgan fingerprint density at radius 1 is 1.17 bits per heavy atom. The van der Waals surface area contributed by atoms with Crippen molar-refractivity contribution < 1.29 is 15.0 Å². The Kier molecular flexibility index (Phi) is 4.71. The van der Waals surface area contributed by atoms with Crippen LogP contribution in [-0.2, 0) is 6.54 Å². The third kappa shape index (κ3) is 3.86. The van der Waals surface area contributed by atoms with Gasteiger partial charge in [-0.05, 0) is 31.0 Å². The zero-order valence-electron chi connectivity index (χ0n) is 13.6. The van der Waals surface area contributed by atoms with E-state index < -0.39 is 0 Å². The standard InChI is InChI=1S/C19H22N2O3/c1-13-7-16(12-21(13)11-14-5-3-2-4-6-14)20-19(24)15-8-17(22)10-18(23)9-15/h2-6,8-10,13,16,22-23H,7,11-12H2,1H3,(H,20,24)/t13-,16-/m1/s1. The minimum absolute atomic E-state index is 0.0562. The number of phenolic OH excluding ortho intramolecular Hbond substituents is 2. The van der Waals surface area contributed by atoms with Crippen LogP contribution in [-0.4, -0.2) is 39.6 Å². The van der Waals surface area contributed by atoms with Gasteiger partial charge < -0.3 is 15.5 Å². The fraction of sp³-hybridized carbons (Fsp3) is 0.316. The summed E-state index contributed by atoms with van der Waals surface area (Å²) in [5, 5.41) is 22.0. The number of benzene rings is 2. The van der Waals surface area contributed by atoms with Crippen LogP contribution < -0.4 is 5.32 Å². The Labute approximate surface area is 141 Å². The van der Waals surface area contributed by atoms with Gasteiger partial charge in [0.1, 0.15) is 11.5 Å². The van der Waals surface area contributed by atoms with Gasteiger partial charge in [-0.2, -0.15) is 0 Å². The van der Waals surface area contributed by atoms with E-state index in [1.54, 1.807) is 0 Å². The first-order valence-electron chi connectivity index (χ1n) is 8.13. The molecule has 24 heavy (non-hydrogen) atoms. The number of hydrogen-bond acceptors (Lipinski definition) is 4. The van der Waals surface area contributed by atoms with Crippen LogP contribution in [0.1, 0.15) is 29.3 Å². The third-order valence-corrected chi connectivity index (χ3v) is 4.43. The van der Waals surface area contributed by atoms with E-state index in [4.69, 9.17) is 0 Å². The van der Waals surface area contributed by atoms with Gasteiger partial charge in [-0.1, -0.05) is 30.3 Å². The number of phenols is 2. The number of aromatic hydroxyl groups is 2. The predicted molar refractivity (Wildman–Crippen MR) is 92.0 cm³/mol. The molecular weight excluding hydrogens is 304 g/mol. The van der Waals surface area contributed by atoms with Crippen molar-refractivity contribution in [2.24, 2.45) is 0 Å². The van der Waals surface area contributed by atoms with Gasteiger partial charge in [0.05, 0.1) is 0 Å². The van der Waals surface area contributed by atoms with Crippen LogP contribution in [0.25, 0.3) is 0 Å². The molecule has 0 aliphatic carbocycles. The van der Waals surface area contributed by atoms with E-state index in [2.05, 4.69) is 29.3 Å². The van der Waals surface area contributed by atoms with Gasteiger partial charge in [0.2, 0.25) is 0 Å². The average molecular weight is 326 g/mol. The molecule has 1 fully saturated rings. The SMILES string of the molecule is C[C@@H]1C[C@@H](NC(=O)c2cc(O)cc(O)c2)CN1Cc1ccccc1. The second kappa shape index (κ2) is 6.93. The fourth-order valence-corrected chi connectivity index (χ4v) is 3.24. The van der Waals surface area contributed by atoms with E-state index in [0.717, 1.165) is 19.5 Å². The zero-order chi connectivity index (χ0) is 17.1. The molecule has 0 spiro atoms. The molecule has 1 amide bonds. The molecule has 1 aliphatic rings. The summed E-state index contributed by atoms with van der Waals surface area (Å²) < 4.78 is 0. The maximum Gasteiger partial charge on any atom is 0.251 e. The number of nitrogens with one attached hydrogen (secondary N) is 1. The molecule has 3 N–H and O–H groups in total. The molecule has 1 saturated heterocycles. The lowest BCUT2D eigenvalue weighted by Gasteiger charge is -2.20. The number of nitrogens with zero attached hydrogens (tertiary/aromatic N) is 1. The molecule has 0 saturated carbocycles. The zero-order valence-corrected chi connectivity index (χ0v) is 13.6. The molecule has 2 aromatic carbocycles. The first-order valence-corrected chi connectivity index (χ1v) is 8.13. The van der Waals surface area contributed by atoms with Crippen molar-refractivity contribution in [3.8, 4) is 11.5 Å². The predicted octanol–water partition coefficient (Wildman–Crippen LogP) is 2.49. The molecule has 126 valence electrons. The maximum absolute atomic E-state index is 12.3. The van der Waals surface area contributed by atoms with Gasteiger partial charge in [0, 0.05) is 36.8 Å². The number of hydrogen-bond donors (Lipinski definition) is 3. The highest BCUT2D eigenvalue weighted by atomic mass is 16.3. The lowest BCUT2D eigenvalue weighted by atomic mass is 10.1. The van der Waals surface area contributed by atoms with Crippen molar-refractivity contribution in [3.05, 3.63) is 59.7 Å². The minimum Gasteiger partial charge on any atom is -0.508 e. The molecule has 3 rings (SSSR count).